The van der Waals surface area contributed by atoms with Gasteiger partial charge in [0.15, 0.2) is 11.0 Å². The summed E-state index contributed by atoms with van der Waals surface area (Å²) in [6.45, 7) is 0. The van der Waals surface area contributed by atoms with Crippen LogP contribution in [0.3, 0.4) is 0 Å². The van der Waals surface area contributed by atoms with Gasteiger partial charge in [-0.25, -0.2) is 0 Å². The first-order chi connectivity index (χ1) is 7.68. The molecule has 0 bridgehead atoms. The van der Waals surface area contributed by atoms with Gasteiger partial charge in [0.1, 0.15) is 5.38 Å². The highest BCUT2D eigenvalue weighted by Crippen LogP contribution is 2.26. The van der Waals surface area contributed by atoms with Gasteiger partial charge >= 0.3 is 0 Å². The molecule has 1 heterocycles. The summed E-state index contributed by atoms with van der Waals surface area (Å²) in [5.41, 5.74) is 0.738. The summed E-state index contributed by atoms with van der Waals surface area (Å²) < 4.78 is 5.02. The number of halogens is 2. The van der Waals surface area contributed by atoms with Crippen LogP contribution >= 0.6 is 23.2 Å². The zero-order valence-corrected chi connectivity index (χ0v) is 9.70. The molecular formula is C12H8Cl2O2. The minimum absolute atomic E-state index is 0.175. The van der Waals surface area contributed by atoms with E-state index in [1.165, 1.54) is 12.1 Å². The third-order valence-electron chi connectivity index (χ3n) is 2.14. The monoisotopic (exact) mass is 254 g/mol. The van der Waals surface area contributed by atoms with Crippen molar-refractivity contribution in [1.82, 2.24) is 0 Å². The number of furan rings is 1. The molecule has 82 valence electrons. The first-order valence-electron chi connectivity index (χ1n) is 4.67. The summed E-state index contributed by atoms with van der Waals surface area (Å²) in [7, 11) is 0. The van der Waals surface area contributed by atoms with Gasteiger partial charge in [-0.15, -0.1) is 11.6 Å². The molecule has 0 saturated heterocycles. The van der Waals surface area contributed by atoms with Crippen molar-refractivity contribution in [2.24, 2.45) is 0 Å². The largest absolute Gasteiger partial charge is 0.442 e. The Balaban J connectivity index is 2.23. The number of ketones is 1. The first kappa shape index (κ1) is 11.2. The summed E-state index contributed by atoms with van der Waals surface area (Å²) >= 11 is 11.6. The molecule has 0 spiro atoms. The van der Waals surface area contributed by atoms with Gasteiger partial charge in [0.2, 0.25) is 5.78 Å². The van der Waals surface area contributed by atoms with Crippen molar-refractivity contribution in [3.63, 3.8) is 0 Å². The smallest absolute Gasteiger partial charge is 0.220 e. The van der Waals surface area contributed by atoms with Gasteiger partial charge in [-0.05, 0) is 29.3 Å². The maximum absolute atomic E-state index is 11.9. The fourth-order valence-electron chi connectivity index (χ4n) is 1.34. The van der Waals surface area contributed by atoms with Crippen LogP contribution in [0.1, 0.15) is 21.5 Å². The Morgan fingerprint density at radius 3 is 2.38 bits per heavy atom. The van der Waals surface area contributed by atoms with E-state index in [4.69, 9.17) is 27.6 Å². The lowest BCUT2D eigenvalue weighted by Gasteiger charge is -2.06. The van der Waals surface area contributed by atoms with E-state index in [9.17, 15) is 4.79 Å². The molecule has 4 heteroatoms. The molecule has 2 aromatic rings. The molecule has 2 nitrogen and oxygen atoms in total. The second kappa shape index (κ2) is 4.73. The predicted molar refractivity (Wildman–Crippen MR) is 63.1 cm³/mol. The molecule has 0 radical (unpaired) electrons. The third kappa shape index (κ3) is 2.29. The average Bonchev–Trinajstić information content (AvgIpc) is 2.75. The Hall–Kier alpha value is -1.25. The van der Waals surface area contributed by atoms with Gasteiger partial charge in [-0.2, -0.15) is 0 Å². The van der Waals surface area contributed by atoms with Crippen molar-refractivity contribution in [3.05, 3.63) is 59.0 Å². The first-order valence-corrected chi connectivity index (χ1v) is 5.48. The van der Waals surface area contributed by atoms with E-state index in [-0.39, 0.29) is 16.8 Å². The SMILES string of the molecule is O=C(c1ccc(Cl)o1)C(Cl)c1ccccc1. The molecule has 0 amide bonds. The summed E-state index contributed by atoms with van der Waals surface area (Å²) in [4.78, 5) is 11.9. The highest BCUT2D eigenvalue weighted by Gasteiger charge is 2.21. The molecule has 0 aliphatic rings. The fourth-order valence-corrected chi connectivity index (χ4v) is 1.74. The lowest BCUT2D eigenvalue weighted by atomic mass is 10.1. The van der Waals surface area contributed by atoms with Crippen LogP contribution in [0.2, 0.25) is 5.22 Å². The molecule has 16 heavy (non-hydrogen) atoms. The third-order valence-corrected chi connectivity index (χ3v) is 2.79. The molecular weight excluding hydrogens is 247 g/mol. The summed E-state index contributed by atoms with van der Waals surface area (Å²) in [6.07, 6.45) is 0. The van der Waals surface area contributed by atoms with Crippen LogP contribution in [-0.4, -0.2) is 5.78 Å². The number of carbonyl (C=O) groups excluding carboxylic acids is 1. The molecule has 1 aromatic heterocycles. The Morgan fingerprint density at radius 1 is 1.12 bits per heavy atom. The van der Waals surface area contributed by atoms with Gasteiger partial charge in [-0.3, -0.25) is 4.79 Å². The van der Waals surface area contributed by atoms with E-state index < -0.39 is 5.38 Å². The molecule has 1 aromatic carbocycles. The number of alkyl halides is 1. The lowest BCUT2D eigenvalue weighted by molar-refractivity contribution is 0.0960. The van der Waals surface area contributed by atoms with E-state index in [1.54, 1.807) is 12.1 Å². The summed E-state index contributed by atoms with van der Waals surface area (Å²) in [5, 5.41) is -0.566. The van der Waals surface area contributed by atoms with Crippen LogP contribution < -0.4 is 0 Å². The number of carbonyl (C=O) groups is 1. The van der Waals surface area contributed by atoms with Crippen LogP contribution in [0.4, 0.5) is 0 Å². The van der Waals surface area contributed by atoms with Gasteiger partial charge in [0.25, 0.3) is 0 Å². The quantitative estimate of drug-likeness (QED) is 0.610. The standard InChI is InChI=1S/C12H8Cl2O2/c13-10-7-6-9(16-10)12(15)11(14)8-4-2-1-3-5-8/h1-7,11H. The Morgan fingerprint density at radius 2 is 1.81 bits per heavy atom. The van der Waals surface area contributed by atoms with Crippen LogP contribution in [0.5, 0.6) is 0 Å². The topological polar surface area (TPSA) is 30.2 Å². The predicted octanol–water partition coefficient (Wildman–Crippen LogP) is 4.10. The van der Waals surface area contributed by atoms with Crippen molar-refractivity contribution in [2.75, 3.05) is 0 Å². The van der Waals surface area contributed by atoms with Crippen LogP contribution in [0.25, 0.3) is 0 Å². The van der Waals surface area contributed by atoms with E-state index >= 15 is 0 Å². The van der Waals surface area contributed by atoms with Crippen molar-refractivity contribution in [1.29, 1.82) is 0 Å². The number of benzene rings is 1. The van der Waals surface area contributed by atoms with Gasteiger partial charge in [0, 0.05) is 0 Å². The Kier molecular flexibility index (Phi) is 3.32. The Bertz CT molecular complexity index is 491. The molecule has 1 atom stereocenters. The molecule has 0 N–H and O–H groups in total. The molecule has 0 aliphatic heterocycles. The lowest BCUT2D eigenvalue weighted by Crippen LogP contribution is -2.06. The maximum atomic E-state index is 11.9. The number of hydrogen-bond acceptors (Lipinski definition) is 2. The highest BCUT2D eigenvalue weighted by molar-refractivity contribution is 6.34. The zero-order valence-electron chi connectivity index (χ0n) is 8.19. The van der Waals surface area contributed by atoms with Crippen molar-refractivity contribution >= 4 is 29.0 Å². The molecule has 2 rings (SSSR count). The summed E-state index contributed by atoms with van der Waals surface area (Å²) in [5.74, 6) is -0.117. The minimum atomic E-state index is -0.747. The second-order valence-corrected chi connectivity index (χ2v) is 4.05. The second-order valence-electron chi connectivity index (χ2n) is 3.24. The van der Waals surface area contributed by atoms with Gasteiger partial charge in [0.05, 0.1) is 0 Å². The van der Waals surface area contributed by atoms with E-state index in [1.807, 2.05) is 18.2 Å². The van der Waals surface area contributed by atoms with E-state index in [0.29, 0.717) is 0 Å². The van der Waals surface area contributed by atoms with Crippen LogP contribution in [0.15, 0.2) is 46.9 Å². The molecule has 0 saturated carbocycles. The highest BCUT2D eigenvalue weighted by atomic mass is 35.5. The van der Waals surface area contributed by atoms with Crippen LogP contribution in [0, 0.1) is 0 Å². The van der Waals surface area contributed by atoms with Crippen molar-refractivity contribution in [2.45, 2.75) is 5.38 Å². The normalized spacial score (nSPS) is 12.4. The maximum Gasteiger partial charge on any atom is 0.220 e. The van der Waals surface area contributed by atoms with Crippen LogP contribution in [-0.2, 0) is 0 Å². The number of rotatable bonds is 3. The van der Waals surface area contributed by atoms with Crippen molar-refractivity contribution < 1.29 is 9.21 Å². The molecule has 0 fully saturated rings. The minimum Gasteiger partial charge on any atom is -0.442 e. The number of Topliss-reactive ketones (excluding diaryl/α,β-unsaturated/α-hetero) is 1. The van der Waals surface area contributed by atoms with Crippen molar-refractivity contribution in [3.8, 4) is 0 Å². The molecule has 1 unspecified atom stereocenters. The fraction of sp³-hybridized carbons (Fsp3) is 0.0833. The van der Waals surface area contributed by atoms with Gasteiger partial charge in [-0.1, -0.05) is 30.3 Å². The zero-order chi connectivity index (χ0) is 11.5. The van der Waals surface area contributed by atoms with E-state index in [0.717, 1.165) is 5.56 Å². The Labute approximate surface area is 103 Å². The average molecular weight is 255 g/mol. The number of hydrogen-bond donors (Lipinski definition) is 0. The van der Waals surface area contributed by atoms with E-state index in [2.05, 4.69) is 0 Å². The summed E-state index contributed by atoms with van der Waals surface area (Å²) in [6, 6.07) is 12.1. The van der Waals surface area contributed by atoms with Gasteiger partial charge < -0.3 is 4.42 Å². The molecule has 0 aliphatic carbocycles.